The summed E-state index contributed by atoms with van der Waals surface area (Å²) in [6.45, 7) is 5.49. The van der Waals surface area contributed by atoms with E-state index in [4.69, 9.17) is 12.6 Å². The van der Waals surface area contributed by atoms with E-state index in [0.29, 0.717) is 18.7 Å². The molecule has 1 aromatic rings. The van der Waals surface area contributed by atoms with Gasteiger partial charge in [0.25, 0.3) is 0 Å². The maximum absolute atomic E-state index is 14.6. The van der Waals surface area contributed by atoms with Crippen LogP contribution < -0.4 is 5.19 Å². The highest BCUT2D eigenvalue weighted by atomic mass is 32.1. The molecule has 24 heteroatoms. The van der Waals surface area contributed by atoms with E-state index in [-0.39, 0.29) is 16.1 Å². The average molecular weight is 811 g/mol. The molecule has 0 radical (unpaired) electrons. The van der Waals surface area contributed by atoms with Gasteiger partial charge in [-0.05, 0) is 38.9 Å². The third-order valence-corrected chi connectivity index (χ3v) is 12.3. The first kappa shape index (κ1) is 44.3. The number of likely N-dealkylation sites (tertiary alicyclic amines) is 1. The minimum absolute atomic E-state index is 0.0982. The number of rotatable bonds is 14. The molecule has 0 bridgehead atoms. The molecule has 0 amide bonds. The topological polar surface area (TPSA) is 3.24 Å². The predicted octanol–water partition coefficient (Wildman–Crippen LogP) is 10.3. The van der Waals surface area contributed by atoms with Crippen LogP contribution in [0.3, 0.4) is 0 Å². The molecule has 1 aromatic carbocycles. The second kappa shape index (κ2) is 12.9. The van der Waals surface area contributed by atoms with Crippen molar-refractivity contribution in [1.82, 2.24) is 4.90 Å². The Hall–Kier alpha value is -1.85. The highest BCUT2D eigenvalue weighted by molar-refractivity contribution is 7.58. The molecule has 1 heterocycles. The summed E-state index contributed by atoms with van der Waals surface area (Å²) < 4.78 is 287. The van der Waals surface area contributed by atoms with E-state index in [1.807, 2.05) is 4.90 Å². The number of hydrogen-bond donors (Lipinski definition) is 0. The van der Waals surface area contributed by atoms with E-state index in [2.05, 4.69) is 0 Å². The van der Waals surface area contributed by atoms with Gasteiger partial charge >= 0.3 is 59.5 Å². The Morgan fingerprint density at radius 2 is 0.960 bits per heavy atom. The zero-order chi connectivity index (χ0) is 39.8. The fourth-order valence-electron chi connectivity index (χ4n) is 4.99. The lowest BCUT2D eigenvalue weighted by atomic mass is 9.86. The third-order valence-electron chi connectivity index (χ3n) is 8.57. The summed E-state index contributed by atoms with van der Waals surface area (Å²) >= 11 is 5.29. The second-order valence-electron chi connectivity index (χ2n) is 12.4. The molecular weight excluding hydrogens is 785 g/mol. The lowest BCUT2D eigenvalue weighted by Gasteiger charge is -2.44. The largest absolute Gasteiger partial charge is 0.779 e. The highest BCUT2D eigenvalue weighted by Gasteiger charge is 2.97. The van der Waals surface area contributed by atoms with E-state index in [0.717, 1.165) is 25.9 Å². The van der Waals surface area contributed by atoms with Crippen molar-refractivity contribution >= 4 is 25.9 Å². The smallest absolute Gasteiger partial charge is 0.460 e. The summed E-state index contributed by atoms with van der Waals surface area (Å²) in [5, 5.41) is 0.0982. The third kappa shape index (κ3) is 6.52. The lowest BCUT2D eigenvalue weighted by molar-refractivity contribution is -0.474. The summed E-state index contributed by atoms with van der Waals surface area (Å²) in [6.07, 6.45) is -8.85. The lowest BCUT2D eigenvalue weighted by Crippen LogP contribution is -2.76. The normalized spacial score (nSPS) is 18.2. The number of nitrogens with zero attached hydrogens (tertiary/aromatic N) is 1. The summed E-state index contributed by atoms with van der Waals surface area (Å²) in [7, 11) is -3.58. The average Bonchev–Trinajstić information content (AvgIpc) is 3.49. The first-order valence-corrected chi connectivity index (χ1v) is 17.5. The number of halogens is 21. The van der Waals surface area contributed by atoms with Crippen molar-refractivity contribution < 1.29 is 92.2 Å². The van der Waals surface area contributed by atoms with Crippen LogP contribution >= 0.6 is 0 Å². The molecular formula is C26H25F21NSSi-. The van der Waals surface area contributed by atoms with Crippen LogP contribution in [0.2, 0.25) is 19.1 Å². The molecule has 0 spiro atoms. The molecule has 1 saturated heterocycles. The van der Waals surface area contributed by atoms with Crippen molar-refractivity contribution in [2.45, 2.75) is 116 Å². The Kier molecular flexibility index (Phi) is 11.5. The van der Waals surface area contributed by atoms with Crippen LogP contribution in [-0.4, -0.2) is 85.5 Å². The molecule has 292 valence electrons. The maximum atomic E-state index is 14.6. The molecule has 1 aliphatic heterocycles. The van der Waals surface area contributed by atoms with Crippen molar-refractivity contribution in [2.24, 2.45) is 0 Å². The summed E-state index contributed by atoms with van der Waals surface area (Å²) in [4.78, 5) is 2.18. The fourth-order valence-corrected chi connectivity index (χ4v) is 7.76. The van der Waals surface area contributed by atoms with Crippen molar-refractivity contribution in [1.29, 1.82) is 0 Å². The first-order valence-electron chi connectivity index (χ1n) is 13.9. The van der Waals surface area contributed by atoms with E-state index in [1.165, 1.54) is 18.2 Å². The molecule has 0 aromatic heterocycles. The van der Waals surface area contributed by atoms with Crippen molar-refractivity contribution in [2.75, 3.05) is 13.1 Å². The predicted molar refractivity (Wildman–Crippen MR) is 138 cm³/mol. The van der Waals surface area contributed by atoms with Crippen LogP contribution in [-0.2, 0) is 12.6 Å². The van der Waals surface area contributed by atoms with Gasteiger partial charge in [-0.15, -0.1) is 0 Å². The van der Waals surface area contributed by atoms with E-state index >= 15 is 0 Å². The number of hydrogen-bond acceptors (Lipinski definition) is 2. The van der Waals surface area contributed by atoms with Crippen LogP contribution in [0.1, 0.15) is 37.8 Å². The van der Waals surface area contributed by atoms with Crippen LogP contribution in [0, 0.1) is 0 Å². The first-order chi connectivity index (χ1) is 21.8. The van der Waals surface area contributed by atoms with Crippen molar-refractivity contribution in [3.8, 4) is 0 Å². The Morgan fingerprint density at radius 3 is 1.32 bits per heavy atom. The summed E-state index contributed by atoms with van der Waals surface area (Å²) in [6, 6.07) is 2.49. The highest BCUT2D eigenvalue weighted by Crippen LogP contribution is 2.66. The van der Waals surface area contributed by atoms with Gasteiger partial charge in [-0.2, -0.15) is 97.1 Å². The van der Waals surface area contributed by atoms with Gasteiger partial charge in [0, 0.05) is 12.5 Å². The van der Waals surface area contributed by atoms with Crippen LogP contribution in [0.4, 0.5) is 92.2 Å². The second-order valence-corrected chi connectivity index (χ2v) is 17.6. The van der Waals surface area contributed by atoms with Crippen molar-refractivity contribution in [3.63, 3.8) is 0 Å². The molecule has 2 rings (SSSR count). The molecule has 1 fully saturated rings. The zero-order valence-corrected chi connectivity index (χ0v) is 27.2. The monoisotopic (exact) mass is 810 g/mol. The van der Waals surface area contributed by atoms with Crippen LogP contribution in [0.25, 0.3) is 0 Å². The Balaban J connectivity index is 2.46. The molecule has 0 aliphatic carbocycles. The number of benzene rings is 1. The molecule has 1 atom stereocenters. The minimum atomic E-state index is -9.17. The molecule has 1 aliphatic rings. The van der Waals surface area contributed by atoms with Gasteiger partial charge < -0.3 is 12.6 Å². The molecule has 1 nitrogen and oxygen atoms in total. The van der Waals surface area contributed by atoms with Gasteiger partial charge in [-0.1, -0.05) is 42.0 Å². The maximum Gasteiger partial charge on any atom is 0.460 e. The summed E-state index contributed by atoms with van der Waals surface area (Å²) in [5.74, 6) is -76.8. The standard InChI is InChI=1S/C26H26F21NSSi/c1-13(48-9-4-5-10-48)15-7-6-14(12-16(15)49)50(2,3)11-8-17(27,28)18(29,30)19(31,32)20(33,34)21(35,36)22(37,38)23(39,40)24(41,42)25(43,44)26(45,46)47/h6-7,12-13,49H,4-5,8-11H2,1-3H3/p-1/t13-/m1/s1. The Labute approximate surface area is 275 Å². The zero-order valence-electron chi connectivity index (χ0n) is 25.3. The van der Waals surface area contributed by atoms with Crippen LogP contribution in [0.5, 0.6) is 0 Å². The van der Waals surface area contributed by atoms with Gasteiger partial charge in [-0.25, -0.2) is 0 Å². The molecule has 0 N–H and O–H groups in total. The van der Waals surface area contributed by atoms with Gasteiger partial charge in [0.2, 0.25) is 0 Å². The Bertz CT molecular complexity index is 1370. The minimum Gasteiger partial charge on any atom is -0.779 e. The SMILES string of the molecule is C[C@H](c1ccc([Si](C)(C)CCC(F)(F)C(F)(F)C(F)(F)C(F)(F)C(F)(F)C(F)(F)C(F)(F)C(F)(F)C(F)(F)C(F)(F)F)cc1[S-])N1CCCC1. The van der Waals surface area contributed by atoms with E-state index in [1.54, 1.807) is 6.92 Å². The quantitative estimate of drug-likeness (QED) is 0.105. The molecule has 0 saturated carbocycles. The van der Waals surface area contributed by atoms with Gasteiger partial charge in [0.05, 0.1) is 8.07 Å². The van der Waals surface area contributed by atoms with Gasteiger partial charge in [0.15, 0.2) is 0 Å². The Morgan fingerprint density at radius 1 is 0.600 bits per heavy atom. The van der Waals surface area contributed by atoms with Gasteiger partial charge in [0.1, 0.15) is 0 Å². The molecule has 0 unspecified atom stereocenters. The van der Waals surface area contributed by atoms with Crippen molar-refractivity contribution in [3.05, 3.63) is 23.8 Å². The molecule has 50 heavy (non-hydrogen) atoms. The van der Waals surface area contributed by atoms with E-state index < -0.39 is 80.0 Å². The van der Waals surface area contributed by atoms with E-state index in [9.17, 15) is 92.2 Å². The van der Waals surface area contributed by atoms with Gasteiger partial charge in [-0.3, -0.25) is 4.90 Å². The summed E-state index contributed by atoms with van der Waals surface area (Å²) in [5.41, 5.74) is 0.567. The number of alkyl halides is 21. The fraction of sp³-hybridized carbons (Fsp3) is 0.769. The van der Waals surface area contributed by atoms with Crippen LogP contribution in [0.15, 0.2) is 23.1 Å².